The number of hydrogen-bond donors (Lipinski definition) is 1. The van der Waals surface area contributed by atoms with Gasteiger partial charge in [-0.2, -0.15) is 0 Å². The number of benzene rings is 2. The van der Waals surface area contributed by atoms with E-state index in [4.69, 9.17) is 4.74 Å². The highest BCUT2D eigenvalue weighted by Crippen LogP contribution is 2.16. The van der Waals surface area contributed by atoms with Crippen molar-refractivity contribution in [2.75, 3.05) is 11.9 Å². The second-order valence-electron chi connectivity index (χ2n) is 7.36. The molecule has 1 N–H and O–H groups in total. The molecule has 0 saturated carbocycles. The van der Waals surface area contributed by atoms with Gasteiger partial charge in [-0.05, 0) is 54.2 Å². The van der Waals surface area contributed by atoms with Crippen LogP contribution < -0.4 is 5.32 Å². The fourth-order valence-electron chi connectivity index (χ4n) is 2.84. The molecule has 0 saturated heterocycles. The molecule has 0 bridgehead atoms. The van der Waals surface area contributed by atoms with Crippen LogP contribution in [0.25, 0.3) is 0 Å². The van der Waals surface area contributed by atoms with Gasteiger partial charge in [-0.15, -0.1) is 0 Å². The van der Waals surface area contributed by atoms with E-state index in [9.17, 15) is 9.59 Å². The van der Waals surface area contributed by atoms with Crippen molar-refractivity contribution in [3.05, 3.63) is 65.2 Å². The average Bonchev–Trinajstić information content (AvgIpc) is 2.70. The second-order valence-corrected chi connectivity index (χ2v) is 7.36. The highest BCUT2D eigenvalue weighted by atomic mass is 16.5. The molecule has 4 nitrogen and oxygen atoms in total. The molecule has 0 atom stereocenters. The molecule has 0 aliphatic carbocycles. The Balaban J connectivity index is 1.78. The number of esters is 1. The van der Waals surface area contributed by atoms with E-state index in [-0.39, 0.29) is 11.9 Å². The first-order valence-electron chi connectivity index (χ1n) is 10.2. The van der Waals surface area contributed by atoms with Crippen LogP contribution in [-0.2, 0) is 16.0 Å². The molecular formula is C24H31NO3. The van der Waals surface area contributed by atoms with Crippen molar-refractivity contribution in [2.45, 2.75) is 58.8 Å². The Kier molecular flexibility index (Phi) is 8.73. The number of hydrogen-bond acceptors (Lipinski definition) is 3. The number of aryl methyl sites for hydroxylation is 1. The topological polar surface area (TPSA) is 55.4 Å². The SMILES string of the molecule is CCCCCOC(=O)c1ccc(NC(=O)CCc2ccc(C(C)C)cc2)cc1. The zero-order valence-corrected chi connectivity index (χ0v) is 17.2. The molecule has 150 valence electrons. The molecule has 0 fully saturated rings. The summed E-state index contributed by atoms with van der Waals surface area (Å²) in [7, 11) is 0. The van der Waals surface area contributed by atoms with Gasteiger partial charge in [0.2, 0.25) is 5.91 Å². The molecule has 2 aromatic carbocycles. The molecule has 1 amide bonds. The lowest BCUT2D eigenvalue weighted by atomic mass is 10.0. The van der Waals surface area contributed by atoms with E-state index in [0.717, 1.165) is 24.8 Å². The number of amides is 1. The van der Waals surface area contributed by atoms with Gasteiger partial charge in [-0.25, -0.2) is 4.79 Å². The van der Waals surface area contributed by atoms with Crippen molar-refractivity contribution >= 4 is 17.6 Å². The zero-order chi connectivity index (χ0) is 20.4. The summed E-state index contributed by atoms with van der Waals surface area (Å²) in [6, 6.07) is 15.3. The Labute approximate surface area is 168 Å². The summed E-state index contributed by atoms with van der Waals surface area (Å²) < 4.78 is 5.24. The quantitative estimate of drug-likeness (QED) is 0.422. The average molecular weight is 382 g/mol. The molecule has 0 unspecified atom stereocenters. The minimum absolute atomic E-state index is 0.0390. The number of carbonyl (C=O) groups is 2. The van der Waals surface area contributed by atoms with E-state index in [1.165, 1.54) is 5.56 Å². The Morgan fingerprint density at radius 1 is 0.964 bits per heavy atom. The lowest BCUT2D eigenvalue weighted by Crippen LogP contribution is -2.12. The predicted octanol–water partition coefficient (Wildman–Crippen LogP) is 5.73. The van der Waals surface area contributed by atoms with Crippen LogP contribution >= 0.6 is 0 Å². The molecule has 2 aromatic rings. The smallest absolute Gasteiger partial charge is 0.338 e. The summed E-state index contributed by atoms with van der Waals surface area (Å²) in [5.41, 5.74) is 3.64. The van der Waals surface area contributed by atoms with Crippen LogP contribution in [0.2, 0.25) is 0 Å². The van der Waals surface area contributed by atoms with Crippen LogP contribution in [0.15, 0.2) is 48.5 Å². The van der Waals surface area contributed by atoms with Gasteiger partial charge in [0, 0.05) is 12.1 Å². The van der Waals surface area contributed by atoms with Crippen molar-refractivity contribution in [2.24, 2.45) is 0 Å². The maximum absolute atomic E-state index is 12.2. The largest absolute Gasteiger partial charge is 0.462 e. The lowest BCUT2D eigenvalue weighted by Gasteiger charge is -2.08. The number of ether oxygens (including phenoxy) is 1. The summed E-state index contributed by atoms with van der Waals surface area (Å²) in [5, 5.41) is 2.88. The third-order valence-corrected chi connectivity index (χ3v) is 4.67. The van der Waals surface area contributed by atoms with Crippen molar-refractivity contribution in [3.63, 3.8) is 0 Å². The Morgan fingerprint density at radius 3 is 2.25 bits per heavy atom. The molecule has 0 radical (unpaired) electrons. The van der Waals surface area contributed by atoms with Gasteiger partial charge in [0.15, 0.2) is 0 Å². The van der Waals surface area contributed by atoms with E-state index >= 15 is 0 Å². The summed E-state index contributed by atoms with van der Waals surface area (Å²) in [6.45, 7) is 6.89. The maximum atomic E-state index is 12.2. The Morgan fingerprint density at radius 2 is 1.64 bits per heavy atom. The molecule has 28 heavy (non-hydrogen) atoms. The molecule has 0 spiro atoms. The number of rotatable bonds is 10. The highest BCUT2D eigenvalue weighted by molar-refractivity contribution is 5.93. The summed E-state index contributed by atoms with van der Waals surface area (Å²) >= 11 is 0. The second kappa shape index (κ2) is 11.3. The Bertz CT molecular complexity index is 748. The first-order valence-corrected chi connectivity index (χ1v) is 10.2. The number of anilines is 1. The van der Waals surface area contributed by atoms with Crippen molar-refractivity contribution in [1.29, 1.82) is 0 Å². The van der Waals surface area contributed by atoms with E-state index in [1.807, 2.05) is 0 Å². The van der Waals surface area contributed by atoms with Crippen LogP contribution in [0.5, 0.6) is 0 Å². The molecule has 0 heterocycles. The van der Waals surface area contributed by atoms with E-state index < -0.39 is 0 Å². The summed E-state index contributed by atoms with van der Waals surface area (Å²) in [4.78, 5) is 24.1. The summed E-state index contributed by atoms with van der Waals surface area (Å²) in [5.74, 6) is 0.149. The molecule has 4 heteroatoms. The maximum Gasteiger partial charge on any atom is 0.338 e. The van der Waals surface area contributed by atoms with E-state index in [1.54, 1.807) is 24.3 Å². The van der Waals surface area contributed by atoms with Gasteiger partial charge in [0.1, 0.15) is 0 Å². The Hall–Kier alpha value is -2.62. The third kappa shape index (κ3) is 7.18. The fraction of sp³-hybridized carbons (Fsp3) is 0.417. The number of carbonyl (C=O) groups excluding carboxylic acids is 2. The van der Waals surface area contributed by atoms with Crippen LogP contribution in [0, 0.1) is 0 Å². The van der Waals surface area contributed by atoms with Crippen LogP contribution in [0.1, 0.15) is 73.9 Å². The van der Waals surface area contributed by atoms with Gasteiger partial charge in [0.25, 0.3) is 0 Å². The van der Waals surface area contributed by atoms with Gasteiger partial charge < -0.3 is 10.1 Å². The number of nitrogens with one attached hydrogen (secondary N) is 1. The normalized spacial score (nSPS) is 10.7. The van der Waals surface area contributed by atoms with Gasteiger partial charge in [-0.1, -0.05) is 57.9 Å². The number of unbranched alkanes of at least 4 members (excludes halogenated alkanes) is 2. The molecule has 2 rings (SSSR count). The van der Waals surface area contributed by atoms with Crippen LogP contribution in [0.4, 0.5) is 5.69 Å². The molecule has 0 aliphatic rings. The van der Waals surface area contributed by atoms with E-state index in [2.05, 4.69) is 50.4 Å². The van der Waals surface area contributed by atoms with Crippen molar-refractivity contribution in [1.82, 2.24) is 0 Å². The minimum atomic E-state index is -0.321. The van der Waals surface area contributed by atoms with Crippen molar-refractivity contribution in [3.8, 4) is 0 Å². The van der Waals surface area contributed by atoms with Crippen LogP contribution in [-0.4, -0.2) is 18.5 Å². The fourth-order valence-corrected chi connectivity index (χ4v) is 2.84. The van der Waals surface area contributed by atoms with Crippen LogP contribution in [0.3, 0.4) is 0 Å². The first-order chi connectivity index (χ1) is 13.5. The first kappa shape index (κ1) is 21.7. The monoisotopic (exact) mass is 381 g/mol. The lowest BCUT2D eigenvalue weighted by molar-refractivity contribution is -0.116. The standard InChI is InChI=1S/C24H31NO3/c1-4-5-6-17-28-24(27)21-12-14-22(15-13-21)25-23(26)16-9-19-7-10-20(11-8-19)18(2)3/h7-8,10-15,18H,4-6,9,16-17H2,1-3H3,(H,25,26). The minimum Gasteiger partial charge on any atom is -0.462 e. The molecule has 0 aromatic heterocycles. The molecular weight excluding hydrogens is 350 g/mol. The summed E-state index contributed by atoms with van der Waals surface area (Å²) in [6.07, 6.45) is 4.15. The van der Waals surface area contributed by atoms with Gasteiger partial charge >= 0.3 is 5.97 Å². The molecule has 0 aliphatic heterocycles. The van der Waals surface area contributed by atoms with Crippen molar-refractivity contribution < 1.29 is 14.3 Å². The van der Waals surface area contributed by atoms with Gasteiger partial charge in [-0.3, -0.25) is 4.79 Å². The third-order valence-electron chi connectivity index (χ3n) is 4.67. The zero-order valence-electron chi connectivity index (χ0n) is 17.2. The van der Waals surface area contributed by atoms with E-state index in [0.29, 0.717) is 36.6 Å². The van der Waals surface area contributed by atoms with Gasteiger partial charge in [0.05, 0.1) is 12.2 Å². The predicted molar refractivity (Wildman–Crippen MR) is 114 cm³/mol. The highest BCUT2D eigenvalue weighted by Gasteiger charge is 2.08.